The Balaban J connectivity index is 2.22. The molecule has 0 bridgehead atoms. The summed E-state index contributed by atoms with van der Waals surface area (Å²) in [4.78, 5) is 10.4. The maximum Gasteiger partial charge on any atom is 0.274 e. The number of hydrogen-bond acceptors (Lipinski definition) is 4. The molecule has 7 heteroatoms. The summed E-state index contributed by atoms with van der Waals surface area (Å²) in [5, 5.41) is 23.0. The van der Waals surface area contributed by atoms with Crippen molar-refractivity contribution in [3.63, 3.8) is 0 Å². The first-order valence-electron chi connectivity index (χ1n) is 5.87. The van der Waals surface area contributed by atoms with Gasteiger partial charge in [0.2, 0.25) is 0 Å². The van der Waals surface area contributed by atoms with Gasteiger partial charge >= 0.3 is 0 Å². The molecule has 106 valence electrons. The number of nitrogens with one attached hydrogen (secondary N) is 1. The lowest BCUT2D eigenvalue weighted by Gasteiger charge is -2.08. The van der Waals surface area contributed by atoms with Crippen molar-refractivity contribution in [3.05, 3.63) is 68.5 Å². The lowest BCUT2D eigenvalue weighted by atomic mass is 10.1. The highest BCUT2D eigenvalue weighted by Gasteiger charge is 2.13. The Bertz CT molecular complexity index is 743. The van der Waals surface area contributed by atoms with Crippen LogP contribution in [0.2, 0.25) is 5.02 Å². The minimum absolute atomic E-state index is 0.0606. The van der Waals surface area contributed by atoms with E-state index in [1.54, 1.807) is 6.07 Å². The van der Waals surface area contributed by atoms with Gasteiger partial charge in [-0.05, 0) is 30.3 Å². The molecule has 0 saturated heterocycles. The summed E-state index contributed by atoms with van der Waals surface area (Å²) in [6.07, 6.45) is 0. The van der Waals surface area contributed by atoms with Crippen LogP contribution in [0.1, 0.15) is 11.1 Å². The van der Waals surface area contributed by atoms with Gasteiger partial charge in [0.15, 0.2) is 0 Å². The third-order valence-corrected chi connectivity index (χ3v) is 3.04. The van der Waals surface area contributed by atoms with Crippen molar-refractivity contribution in [2.24, 2.45) is 0 Å². The van der Waals surface area contributed by atoms with Gasteiger partial charge in [-0.2, -0.15) is 5.26 Å². The normalized spacial score (nSPS) is 9.95. The van der Waals surface area contributed by atoms with Crippen molar-refractivity contribution < 1.29 is 9.31 Å². The van der Waals surface area contributed by atoms with E-state index in [9.17, 15) is 14.5 Å². The van der Waals surface area contributed by atoms with Gasteiger partial charge < -0.3 is 5.32 Å². The van der Waals surface area contributed by atoms with Crippen LogP contribution in [0.25, 0.3) is 0 Å². The van der Waals surface area contributed by atoms with Crippen LogP contribution in [-0.2, 0) is 6.54 Å². The molecule has 21 heavy (non-hydrogen) atoms. The number of rotatable bonds is 4. The van der Waals surface area contributed by atoms with Gasteiger partial charge in [-0.3, -0.25) is 10.1 Å². The van der Waals surface area contributed by atoms with E-state index in [-0.39, 0.29) is 17.8 Å². The van der Waals surface area contributed by atoms with Crippen LogP contribution in [0, 0.1) is 27.3 Å². The van der Waals surface area contributed by atoms with Crippen LogP contribution in [0.15, 0.2) is 36.4 Å². The molecule has 0 fully saturated rings. The molecular weight excluding hydrogens is 297 g/mol. The summed E-state index contributed by atoms with van der Waals surface area (Å²) in [7, 11) is 0. The molecule has 1 N–H and O–H groups in total. The average molecular weight is 306 g/mol. The van der Waals surface area contributed by atoms with Gasteiger partial charge in [0, 0.05) is 23.3 Å². The van der Waals surface area contributed by atoms with E-state index in [4.69, 9.17) is 16.9 Å². The Labute approximate surface area is 124 Å². The third kappa shape index (κ3) is 3.46. The number of anilines is 1. The first kappa shape index (κ1) is 14.8. The van der Waals surface area contributed by atoms with Crippen molar-refractivity contribution in [2.75, 3.05) is 5.32 Å². The molecule has 0 unspecified atom stereocenters. The minimum atomic E-state index is -0.614. The van der Waals surface area contributed by atoms with Gasteiger partial charge in [-0.25, -0.2) is 4.39 Å². The van der Waals surface area contributed by atoms with Crippen molar-refractivity contribution in [2.45, 2.75) is 6.54 Å². The van der Waals surface area contributed by atoms with Crippen molar-refractivity contribution in [1.29, 1.82) is 5.26 Å². The maximum atomic E-state index is 13.2. The second kappa shape index (κ2) is 6.20. The molecule has 0 aliphatic carbocycles. The maximum absolute atomic E-state index is 13.2. The summed E-state index contributed by atoms with van der Waals surface area (Å²) in [5.41, 5.74) is 0.729. The number of nitrogens with zero attached hydrogens (tertiary/aromatic N) is 2. The number of hydrogen-bond donors (Lipinski definition) is 1. The molecule has 0 amide bonds. The monoisotopic (exact) mass is 305 g/mol. The third-order valence-electron chi connectivity index (χ3n) is 2.81. The molecule has 0 spiro atoms. The van der Waals surface area contributed by atoms with Gasteiger partial charge in [0.1, 0.15) is 11.9 Å². The SMILES string of the molecule is N#Cc1cc(NCc2cc(Cl)ccc2[N+](=O)[O-])ccc1F. The second-order valence-electron chi connectivity index (χ2n) is 4.19. The van der Waals surface area contributed by atoms with E-state index in [0.717, 1.165) is 6.07 Å². The van der Waals surface area contributed by atoms with E-state index in [0.29, 0.717) is 16.3 Å². The first-order chi connectivity index (χ1) is 10.0. The summed E-state index contributed by atoms with van der Waals surface area (Å²) < 4.78 is 13.2. The lowest BCUT2D eigenvalue weighted by Crippen LogP contribution is -2.03. The molecule has 5 nitrogen and oxygen atoms in total. The predicted molar refractivity (Wildman–Crippen MR) is 76.5 cm³/mol. The van der Waals surface area contributed by atoms with Crippen LogP contribution in [0.4, 0.5) is 15.8 Å². The Hall–Kier alpha value is -2.65. The van der Waals surface area contributed by atoms with Gasteiger partial charge in [-0.1, -0.05) is 11.6 Å². The lowest BCUT2D eigenvalue weighted by molar-refractivity contribution is -0.385. The van der Waals surface area contributed by atoms with E-state index >= 15 is 0 Å². The number of nitro groups is 1. The summed E-state index contributed by atoms with van der Waals surface area (Å²) in [6.45, 7) is 0.132. The Morgan fingerprint density at radius 1 is 1.33 bits per heavy atom. The molecule has 0 saturated carbocycles. The molecule has 0 aromatic heterocycles. The fraction of sp³-hybridized carbons (Fsp3) is 0.0714. The van der Waals surface area contributed by atoms with E-state index in [1.807, 2.05) is 0 Å². The fourth-order valence-corrected chi connectivity index (χ4v) is 1.99. The average Bonchev–Trinajstić information content (AvgIpc) is 2.46. The predicted octanol–water partition coefficient (Wildman–Crippen LogP) is 3.87. The first-order valence-corrected chi connectivity index (χ1v) is 6.25. The summed E-state index contributed by atoms with van der Waals surface area (Å²) in [6, 6.07) is 9.93. The van der Waals surface area contributed by atoms with Crippen LogP contribution in [-0.4, -0.2) is 4.92 Å². The molecule has 0 atom stereocenters. The van der Waals surface area contributed by atoms with Crippen molar-refractivity contribution >= 4 is 23.0 Å². The Morgan fingerprint density at radius 3 is 2.76 bits per heavy atom. The van der Waals surface area contributed by atoms with Crippen LogP contribution < -0.4 is 5.32 Å². The van der Waals surface area contributed by atoms with Gasteiger partial charge in [-0.15, -0.1) is 0 Å². The number of nitro benzene ring substituents is 1. The number of halogens is 2. The van der Waals surface area contributed by atoms with Crippen LogP contribution >= 0.6 is 11.6 Å². The highest BCUT2D eigenvalue weighted by Crippen LogP contribution is 2.24. The fourth-order valence-electron chi connectivity index (χ4n) is 1.79. The van der Waals surface area contributed by atoms with E-state index < -0.39 is 10.7 Å². The molecule has 2 aromatic rings. The highest BCUT2D eigenvalue weighted by atomic mass is 35.5. The standard InChI is InChI=1S/C14H9ClFN3O2/c15-11-1-4-14(19(20)21)10(5-11)8-18-12-2-3-13(16)9(6-12)7-17/h1-6,18H,8H2. The molecule has 0 radical (unpaired) electrons. The largest absolute Gasteiger partial charge is 0.381 e. The topological polar surface area (TPSA) is 79.0 Å². The van der Waals surface area contributed by atoms with Crippen LogP contribution in [0.5, 0.6) is 0 Å². The van der Waals surface area contributed by atoms with Crippen molar-refractivity contribution in [1.82, 2.24) is 0 Å². The van der Waals surface area contributed by atoms with Crippen LogP contribution in [0.3, 0.4) is 0 Å². The zero-order valence-electron chi connectivity index (χ0n) is 10.6. The van der Waals surface area contributed by atoms with Crippen molar-refractivity contribution in [3.8, 4) is 6.07 Å². The minimum Gasteiger partial charge on any atom is -0.381 e. The second-order valence-corrected chi connectivity index (χ2v) is 4.63. The molecular formula is C14H9ClFN3O2. The Kier molecular flexibility index (Phi) is 4.36. The number of benzene rings is 2. The molecule has 2 aromatic carbocycles. The zero-order chi connectivity index (χ0) is 15.4. The van der Waals surface area contributed by atoms with E-state index in [2.05, 4.69) is 5.32 Å². The number of nitriles is 1. The quantitative estimate of drug-likeness (QED) is 0.687. The summed E-state index contributed by atoms with van der Waals surface area (Å²) >= 11 is 5.83. The zero-order valence-corrected chi connectivity index (χ0v) is 11.4. The highest BCUT2D eigenvalue weighted by molar-refractivity contribution is 6.30. The van der Waals surface area contributed by atoms with Gasteiger partial charge in [0.05, 0.1) is 16.1 Å². The van der Waals surface area contributed by atoms with E-state index in [1.165, 1.54) is 30.3 Å². The molecule has 0 aliphatic rings. The Morgan fingerprint density at radius 2 is 2.10 bits per heavy atom. The smallest absolute Gasteiger partial charge is 0.274 e. The van der Waals surface area contributed by atoms with Gasteiger partial charge in [0.25, 0.3) is 5.69 Å². The summed E-state index contributed by atoms with van der Waals surface area (Å²) in [5.74, 6) is -0.614. The molecule has 2 rings (SSSR count). The molecule has 0 heterocycles. The molecule has 0 aliphatic heterocycles.